The van der Waals surface area contributed by atoms with Gasteiger partial charge in [0.15, 0.2) is 5.69 Å². The molecular formula is C15H22N8O2. The number of aliphatic hydroxyl groups is 1. The zero-order valence-corrected chi connectivity index (χ0v) is 14.1. The lowest BCUT2D eigenvalue weighted by molar-refractivity contribution is 0.0939. The van der Waals surface area contributed by atoms with Gasteiger partial charge < -0.3 is 21.1 Å². The minimum absolute atomic E-state index is 0.0946. The average molecular weight is 346 g/mol. The smallest absolute Gasteiger partial charge is 0.273 e. The minimum atomic E-state index is -0.341. The average Bonchev–Trinajstić information content (AvgIpc) is 3.09. The molecule has 1 saturated heterocycles. The molecule has 0 spiro atoms. The third-order valence-corrected chi connectivity index (χ3v) is 4.09. The number of anilines is 2. The number of amides is 1. The summed E-state index contributed by atoms with van der Waals surface area (Å²) in [4.78, 5) is 22.4. The molecular weight excluding hydrogens is 324 g/mol. The van der Waals surface area contributed by atoms with Gasteiger partial charge >= 0.3 is 0 Å². The van der Waals surface area contributed by atoms with E-state index >= 15 is 0 Å². The molecule has 1 amide bonds. The standard InChI is InChI=1S/C15H22N8O2/c1-10-7-13(19-15(16)18-10)22-5-2-3-11(8-22)23-9-12(20-21-23)14(25)17-4-6-24/h7,9,11,24H,2-6,8H2,1H3,(H,17,25)(H2,16,18,19)/t11-/m1/s1. The zero-order chi connectivity index (χ0) is 17.8. The number of hydrogen-bond acceptors (Lipinski definition) is 8. The summed E-state index contributed by atoms with van der Waals surface area (Å²) in [6.07, 6.45) is 3.55. The number of nitrogens with two attached hydrogens (primary N) is 1. The third kappa shape index (κ3) is 4.02. The van der Waals surface area contributed by atoms with E-state index in [0.29, 0.717) is 6.54 Å². The van der Waals surface area contributed by atoms with Crippen molar-refractivity contribution in [1.29, 1.82) is 0 Å². The molecule has 1 atom stereocenters. The van der Waals surface area contributed by atoms with Crippen LogP contribution in [0.1, 0.15) is 35.1 Å². The number of nitrogen functional groups attached to an aromatic ring is 1. The molecule has 25 heavy (non-hydrogen) atoms. The Labute approximate surface area is 145 Å². The Kier molecular flexibility index (Phi) is 5.08. The highest BCUT2D eigenvalue weighted by Gasteiger charge is 2.24. The van der Waals surface area contributed by atoms with Crippen molar-refractivity contribution in [2.45, 2.75) is 25.8 Å². The van der Waals surface area contributed by atoms with Gasteiger partial charge in [-0.15, -0.1) is 5.10 Å². The maximum atomic E-state index is 11.9. The fourth-order valence-electron chi connectivity index (χ4n) is 2.93. The molecule has 3 rings (SSSR count). The normalized spacial score (nSPS) is 17.5. The number of carbonyl (C=O) groups excluding carboxylic acids is 1. The van der Waals surface area contributed by atoms with Crippen molar-refractivity contribution in [2.24, 2.45) is 0 Å². The van der Waals surface area contributed by atoms with E-state index in [4.69, 9.17) is 10.8 Å². The second-order valence-electron chi connectivity index (χ2n) is 6.03. The summed E-state index contributed by atoms with van der Waals surface area (Å²) in [5.74, 6) is 0.726. The number of hydrogen-bond donors (Lipinski definition) is 3. The van der Waals surface area contributed by atoms with Gasteiger partial charge in [0.2, 0.25) is 5.95 Å². The van der Waals surface area contributed by atoms with Gasteiger partial charge in [-0.1, -0.05) is 5.21 Å². The highest BCUT2D eigenvalue weighted by Crippen LogP contribution is 2.25. The summed E-state index contributed by atoms with van der Waals surface area (Å²) in [6, 6.07) is 2.01. The van der Waals surface area contributed by atoms with Crippen LogP contribution in [0.5, 0.6) is 0 Å². The Bertz CT molecular complexity index is 727. The van der Waals surface area contributed by atoms with Gasteiger partial charge in [-0.05, 0) is 19.8 Å². The van der Waals surface area contributed by atoms with Gasteiger partial charge in [-0.3, -0.25) is 4.79 Å². The van der Waals surface area contributed by atoms with Crippen molar-refractivity contribution in [2.75, 3.05) is 36.9 Å². The molecule has 0 aromatic carbocycles. The summed E-state index contributed by atoms with van der Waals surface area (Å²) in [5, 5.41) is 19.3. The second-order valence-corrected chi connectivity index (χ2v) is 6.03. The lowest BCUT2D eigenvalue weighted by Crippen LogP contribution is -2.37. The predicted octanol–water partition coefficient (Wildman–Crippen LogP) is -0.478. The van der Waals surface area contributed by atoms with Crippen LogP contribution in [0, 0.1) is 6.92 Å². The Morgan fingerprint density at radius 1 is 1.48 bits per heavy atom. The third-order valence-electron chi connectivity index (χ3n) is 4.09. The number of carbonyl (C=O) groups is 1. The molecule has 1 aliphatic heterocycles. The maximum Gasteiger partial charge on any atom is 0.273 e. The van der Waals surface area contributed by atoms with Gasteiger partial charge in [0.1, 0.15) is 5.82 Å². The largest absolute Gasteiger partial charge is 0.395 e. The first-order valence-electron chi connectivity index (χ1n) is 8.24. The number of aromatic nitrogens is 5. The first-order valence-corrected chi connectivity index (χ1v) is 8.24. The van der Waals surface area contributed by atoms with Crippen LogP contribution >= 0.6 is 0 Å². The summed E-state index contributed by atoms with van der Waals surface area (Å²) in [5.41, 5.74) is 6.82. The quantitative estimate of drug-likeness (QED) is 0.661. The molecule has 2 aromatic heterocycles. The molecule has 10 heteroatoms. The number of nitrogens with zero attached hydrogens (tertiary/aromatic N) is 6. The van der Waals surface area contributed by atoms with Crippen molar-refractivity contribution in [3.8, 4) is 0 Å². The van der Waals surface area contributed by atoms with E-state index in [-0.39, 0.29) is 36.7 Å². The van der Waals surface area contributed by atoms with Crippen molar-refractivity contribution in [3.05, 3.63) is 23.7 Å². The Hall–Kier alpha value is -2.75. The number of rotatable bonds is 5. The van der Waals surface area contributed by atoms with Crippen molar-refractivity contribution < 1.29 is 9.90 Å². The molecule has 1 aliphatic rings. The monoisotopic (exact) mass is 346 g/mol. The van der Waals surface area contributed by atoms with E-state index in [2.05, 4.69) is 30.5 Å². The Balaban J connectivity index is 1.71. The number of aryl methyl sites for hydroxylation is 1. The molecule has 3 heterocycles. The molecule has 0 aliphatic carbocycles. The SMILES string of the molecule is Cc1cc(N2CCC[C@@H](n3cc(C(=O)NCCO)nn3)C2)nc(N)n1. The number of nitrogens with one attached hydrogen (secondary N) is 1. The summed E-state index contributed by atoms with van der Waals surface area (Å²) in [6.45, 7) is 3.55. The van der Waals surface area contributed by atoms with E-state index < -0.39 is 0 Å². The molecule has 0 saturated carbocycles. The molecule has 0 radical (unpaired) electrons. The predicted molar refractivity (Wildman–Crippen MR) is 91.1 cm³/mol. The maximum absolute atomic E-state index is 11.9. The van der Waals surface area contributed by atoms with Crippen LogP contribution in [0.2, 0.25) is 0 Å². The van der Waals surface area contributed by atoms with Crippen molar-refractivity contribution >= 4 is 17.7 Å². The van der Waals surface area contributed by atoms with E-state index in [1.54, 1.807) is 10.9 Å². The minimum Gasteiger partial charge on any atom is -0.395 e. The van der Waals surface area contributed by atoms with Gasteiger partial charge in [0, 0.05) is 31.4 Å². The lowest BCUT2D eigenvalue weighted by Gasteiger charge is -2.33. The van der Waals surface area contributed by atoms with Crippen LogP contribution in [0.3, 0.4) is 0 Å². The zero-order valence-electron chi connectivity index (χ0n) is 14.1. The van der Waals surface area contributed by atoms with Crippen LogP contribution in [-0.4, -0.2) is 62.2 Å². The fourth-order valence-corrected chi connectivity index (χ4v) is 2.93. The summed E-state index contributed by atoms with van der Waals surface area (Å²) >= 11 is 0. The van der Waals surface area contributed by atoms with Crippen LogP contribution in [0.4, 0.5) is 11.8 Å². The van der Waals surface area contributed by atoms with Crippen molar-refractivity contribution in [1.82, 2.24) is 30.3 Å². The summed E-state index contributed by atoms with van der Waals surface area (Å²) in [7, 11) is 0. The molecule has 1 fully saturated rings. The van der Waals surface area contributed by atoms with E-state index in [9.17, 15) is 4.79 Å². The molecule has 0 bridgehead atoms. The molecule has 10 nitrogen and oxygen atoms in total. The highest BCUT2D eigenvalue weighted by atomic mass is 16.3. The van der Waals surface area contributed by atoms with E-state index in [1.807, 2.05) is 13.0 Å². The van der Waals surface area contributed by atoms with Gasteiger partial charge in [0.25, 0.3) is 5.91 Å². The fraction of sp³-hybridized carbons (Fsp3) is 0.533. The van der Waals surface area contributed by atoms with Gasteiger partial charge in [-0.2, -0.15) is 4.98 Å². The Morgan fingerprint density at radius 3 is 3.08 bits per heavy atom. The molecule has 4 N–H and O–H groups in total. The van der Waals surface area contributed by atoms with Gasteiger partial charge in [0.05, 0.1) is 18.8 Å². The van der Waals surface area contributed by atoms with Crippen LogP contribution in [0.15, 0.2) is 12.3 Å². The molecule has 134 valence electrons. The van der Waals surface area contributed by atoms with E-state index in [0.717, 1.165) is 30.9 Å². The highest BCUT2D eigenvalue weighted by molar-refractivity contribution is 5.91. The summed E-state index contributed by atoms with van der Waals surface area (Å²) < 4.78 is 1.72. The molecule has 0 unspecified atom stereocenters. The van der Waals surface area contributed by atoms with E-state index in [1.165, 1.54) is 0 Å². The van der Waals surface area contributed by atoms with Crippen LogP contribution < -0.4 is 16.0 Å². The number of aliphatic hydroxyl groups excluding tert-OH is 1. The van der Waals surface area contributed by atoms with Crippen molar-refractivity contribution in [3.63, 3.8) is 0 Å². The molecule has 2 aromatic rings. The van der Waals surface area contributed by atoms with Gasteiger partial charge in [-0.25, -0.2) is 9.67 Å². The van der Waals surface area contributed by atoms with Crippen LogP contribution in [0.25, 0.3) is 0 Å². The number of piperidine rings is 1. The lowest BCUT2D eigenvalue weighted by atomic mass is 10.1. The van der Waals surface area contributed by atoms with Crippen LogP contribution in [-0.2, 0) is 0 Å². The Morgan fingerprint density at radius 2 is 2.32 bits per heavy atom. The topological polar surface area (TPSA) is 135 Å². The first kappa shape index (κ1) is 17.1. The second kappa shape index (κ2) is 7.43. The first-order chi connectivity index (χ1) is 12.1.